The van der Waals surface area contributed by atoms with Gasteiger partial charge in [0.2, 0.25) is 3.79 Å². The first kappa shape index (κ1) is 18.0. The molecule has 90 valence electrons. The maximum atomic E-state index is 9.15. The molecule has 15 heavy (non-hydrogen) atoms. The van der Waals surface area contributed by atoms with Crippen LogP contribution < -0.4 is 0 Å². The summed E-state index contributed by atoms with van der Waals surface area (Å²) in [5.41, 5.74) is 1.15. The van der Waals surface area contributed by atoms with Crippen LogP contribution in [0, 0.1) is 0 Å². The Morgan fingerprint density at radius 1 is 1.40 bits per heavy atom. The van der Waals surface area contributed by atoms with Gasteiger partial charge in [-0.05, 0) is 0 Å². The second-order valence-corrected chi connectivity index (χ2v) is 5.39. The number of alkyl halides is 4. The number of aliphatic carboxylic acids is 1. The SMILES string of the molecule is CC(=O)O.OC(C(Cl)C=CCl)C(Cl)(Cl)Cl. The molecule has 0 aromatic carbocycles. The van der Waals surface area contributed by atoms with Crippen molar-refractivity contribution in [1.29, 1.82) is 0 Å². The standard InChI is InChI=1S/C5H5Cl5O.C2H4O2/c6-2-1-3(7)4(11)5(8,9)10;1-2(3)4/h1-4,11H;1H3,(H,3,4). The fourth-order valence-corrected chi connectivity index (χ4v) is 1.45. The Hall–Kier alpha value is 0.620. The third-order valence-electron chi connectivity index (χ3n) is 0.894. The molecule has 0 aliphatic heterocycles. The van der Waals surface area contributed by atoms with Crippen molar-refractivity contribution in [2.45, 2.75) is 22.2 Å². The van der Waals surface area contributed by atoms with Gasteiger partial charge in [-0.3, -0.25) is 4.79 Å². The van der Waals surface area contributed by atoms with E-state index in [4.69, 9.17) is 73.0 Å². The van der Waals surface area contributed by atoms with Crippen molar-refractivity contribution in [1.82, 2.24) is 0 Å². The average Bonchev–Trinajstić information content (AvgIpc) is 2.00. The van der Waals surface area contributed by atoms with Gasteiger partial charge in [0.25, 0.3) is 5.97 Å². The van der Waals surface area contributed by atoms with Crippen LogP contribution in [0.4, 0.5) is 0 Å². The number of halogens is 5. The fraction of sp³-hybridized carbons (Fsp3) is 0.571. The number of carboxylic acids is 1. The van der Waals surface area contributed by atoms with Crippen molar-refractivity contribution in [3.05, 3.63) is 11.6 Å². The lowest BCUT2D eigenvalue weighted by Gasteiger charge is -2.20. The first-order chi connectivity index (χ1) is 6.62. The third-order valence-corrected chi connectivity index (χ3v) is 2.09. The van der Waals surface area contributed by atoms with Crippen LogP contribution in [0.25, 0.3) is 0 Å². The minimum atomic E-state index is -1.79. The van der Waals surface area contributed by atoms with Crippen molar-refractivity contribution >= 4 is 64.0 Å². The van der Waals surface area contributed by atoms with Gasteiger partial charge >= 0.3 is 0 Å². The molecule has 3 nitrogen and oxygen atoms in total. The van der Waals surface area contributed by atoms with Gasteiger partial charge in [-0.1, -0.05) is 52.5 Å². The van der Waals surface area contributed by atoms with E-state index in [-0.39, 0.29) is 0 Å². The molecule has 8 heteroatoms. The number of carboxylic acid groups (broad SMARTS) is 1. The van der Waals surface area contributed by atoms with Crippen LogP contribution in [0.1, 0.15) is 6.92 Å². The molecule has 0 bridgehead atoms. The van der Waals surface area contributed by atoms with E-state index in [9.17, 15) is 0 Å². The Kier molecular flexibility index (Phi) is 10.5. The van der Waals surface area contributed by atoms with E-state index >= 15 is 0 Å². The Balaban J connectivity index is 0. The number of rotatable bonds is 2. The molecule has 0 aliphatic carbocycles. The highest BCUT2D eigenvalue weighted by molar-refractivity contribution is 6.68. The number of aliphatic hydroxyl groups is 1. The minimum Gasteiger partial charge on any atom is -0.481 e. The molecule has 2 atom stereocenters. The van der Waals surface area contributed by atoms with Crippen molar-refractivity contribution in [3.63, 3.8) is 0 Å². The quantitative estimate of drug-likeness (QED) is 0.769. The molecule has 0 fully saturated rings. The zero-order chi connectivity index (χ0) is 12.6. The van der Waals surface area contributed by atoms with Crippen LogP contribution in [0.15, 0.2) is 11.6 Å². The van der Waals surface area contributed by atoms with Gasteiger partial charge in [0.05, 0.1) is 5.38 Å². The van der Waals surface area contributed by atoms with Gasteiger partial charge in [0.15, 0.2) is 0 Å². The largest absolute Gasteiger partial charge is 0.481 e. The first-order valence-corrected chi connectivity index (χ1v) is 5.48. The highest BCUT2D eigenvalue weighted by atomic mass is 35.6. The molecular weight excluding hydrogens is 309 g/mol. The highest BCUT2D eigenvalue weighted by Crippen LogP contribution is 2.33. The van der Waals surface area contributed by atoms with Crippen molar-refractivity contribution in [2.24, 2.45) is 0 Å². The first-order valence-electron chi connectivity index (χ1n) is 3.48. The number of carbonyl (C=O) groups is 1. The molecule has 0 aromatic heterocycles. The van der Waals surface area contributed by atoms with E-state index in [0.717, 1.165) is 12.5 Å². The maximum Gasteiger partial charge on any atom is 0.300 e. The summed E-state index contributed by atoms with van der Waals surface area (Å²) in [6, 6.07) is 0. The predicted octanol–water partition coefficient (Wildman–Crippen LogP) is 3.17. The van der Waals surface area contributed by atoms with Gasteiger partial charge in [-0.2, -0.15) is 0 Å². The van der Waals surface area contributed by atoms with E-state index in [0.29, 0.717) is 0 Å². The lowest BCUT2D eigenvalue weighted by molar-refractivity contribution is -0.134. The lowest BCUT2D eigenvalue weighted by atomic mass is 10.3. The van der Waals surface area contributed by atoms with Gasteiger partial charge < -0.3 is 10.2 Å². The molecular formula is C7H9Cl5O3. The molecule has 0 aromatic rings. The van der Waals surface area contributed by atoms with Crippen LogP contribution >= 0.6 is 58.0 Å². The summed E-state index contributed by atoms with van der Waals surface area (Å²) in [6.45, 7) is 1.08. The van der Waals surface area contributed by atoms with Crippen molar-refractivity contribution in [2.75, 3.05) is 0 Å². The predicted molar refractivity (Wildman–Crippen MR) is 64.2 cm³/mol. The van der Waals surface area contributed by atoms with Gasteiger partial charge in [-0.15, -0.1) is 11.6 Å². The summed E-state index contributed by atoms with van der Waals surface area (Å²) in [5.74, 6) is -0.833. The Bertz CT molecular complexity index is 209. The molecule has 0 radical (unpaired) electrons. The monoisotopic (exact) mass is 316 g/mol. The maximum absolute atomic E-state index is 9.15. The number of hydrogen-bond donors (Lipinski definition) is 2. The van der Waals surface area contributed by atoms with E-state index in [2.05, 4.69) is 0 Å². The number of aliphatic hydroxyl groups excluding tert-OH is 1. The van der Waals surface area contributed by atoms with Gasteiger partial charge in [0, 0.05) is 12.5 Å². The summed E-state index contributed by atoms with van der Waals surface area (Å²) in [5, 5.41) is 15.8. The number of hydrogen-bond acceptors (Lipinski definition) is 2. The highest BCUT2D eigenvalue weighted by Gasteiger charge is 2.35. The summed E-state index contributed by atoms with van der Waals surface area (Å²) < 4.78 is -1.79. The zero-order valence-corrected chi connectivity index (χ0v) is 11.3. The normalized spacial score (nSPS) is 15.4. The Labute approximate surface area is 113 Å². The van der Waals surface area contributed by atoms with Crippen LogP contribution in [0.2, 0.25) is 0 Å². The molecule has 0 heterocycles. The van der Waals surface area contributed by atoms with Crippen LogP contribution in [0.5, 0.6) is 0 Å². The van der Waals surface area contributed by atoms with Gasteiger partial charge in [0.1, 0.15) is 6.10 Å². The topological polar surface area (TPSA) is 57.5 Å². The molecule has 0 rings (SSSR count). The molecule has 0 spiro atoms. The molecule has 0 saturated heterocycles. The third kappa shape index (κ3) is 12.6. The molecule has 2 N–H and O–H groups in total. The van der Waals surface area contributed by atoms with Gasteiger partial charge in [-0.25, -0.2) is 0 Å². The lowest BCUT2D eigenvalue weighted by Crippen LogP contribution is -2.33. The van der Waals surface area contributed by atoms with Crippen LogP contribution in [-0.2, 0) is 4.79 Å². The summed E-state index contributed by atoms with van der Waals surface area (Å²) in [7, 11) is 0. The summed E-state index contributed by atoms with van der Waals surface area (Å²) in [4.78, 5) is 9.00. The van der Waals surface area contributed by atoms with Crippen LogP contribution in [-0.4, -0.2) is 31.5 Å². The van der Waals surface area contributed by atoms with E-state index < -0.39 is 21.2 Å². The second-order valence-electron chi connectivity index (χ2n) is 2.27. The Morgan fingerprint density at radius 2 is 1.73 bits per heavy atom. The minimum absolute atomic E-state index is 0.806. The van der Waals surface area contributed by atoms with E-state index in [1.54, 1.807) is 0 Å². The Morgan fingerprint density at radius 3 is 1.93 bits per heavy atom. The van der Waals surface area contributed by atoms with Crippen molar-refractivity contribution in [3.8, 4) is 0 Å². The molecule has 0 aliphatic rings. The molecule has 0 saturated carbocycles. The molecule has 2 unspecified atom stereocenters. The van der Waals surface area contributed by atoms with Crippen molar-refractivity contribution < 1.29 is 15.0 Å². The van der Waals surface area contributed by atoms with Crippen LogP contribution in [0.3, 0.4) is 0 Å². The average molecular weight is 318 g/mol. The summed E-state index contributed by atoms with van der Waals surface area (Å²) in [6.07, 6.45) is 0.0412. The molecule has 0 amide bonds. The van der Waals surface area contributed by atoms with E-state index in [1.807, 2.05) is 0 Å². The second kappa shape index (κ2) is 8.74. The zero-order valence-electron chi connectivity index (χ0n) is 7.50. The summed E-state index contributed by atoms with van der Waals surface area (Å²) >= 11 is 26.7. The fourth-order valence-electron chi connectivity index (χ4n) is 0.355. The smallest absolute Gasteiger partial charge is 0.300 e. The van der Waals surface area contributed by atoms with E-state index in [1.165, 1.54) is 6.08 Å².